The smallest absolute Gasteiger partial charge is 0.294 e. The van der Waals surface area contributed by atoms with E-state index in [4.69, 9.17) is 0 Å². The van der Waals surface area contributed by atoms with Crippen LogP contribution in [0.3, 0.4) is 0 Å². The predicted octanol–water partition coefficient (Wildman–Crippen LogP) is 4.40. The number of halogens is 2. The van der Waals surface area contributed by atoms with E-state index >= 15 is 4.39 Å². The van der Waals surface area contributed by atoms with Crippen LogP contribution in [0.1, 0.15) is 28.4 Å². The number of rotatable bonds is 8. The van der Waals surface area contributed by atoms with Crippen molar-refractivity contribution in [2.75, 3.05) is 19.4 Å². The Bertz CT molecular complexity index is 1930. The SMILES string of the molecule is CNC(=O)c1cccc(-c2cnc(NC(=O)[C@H](C)NC)c(=O)n2Cc2cc(F)cc(-n3cc(C)c4cc(F)ccc43)c2)c1. The summed E-state index contributed by atoms with van der Waals surface area (Å²) >= 11 is 0. The highest BCUT2D eigenvalue weighted by atomic mass is 19.1. The van der Waals surface area contributed by atoms with Crippen LogP contribution >= 0.6 is 0 Å². The largest absolute Gasteiger partial charge is 0.355 e. The van der Waals surface area contributed by atoms with E-state index < -0.39 is 23.3 Å². The summed E-state index contributed by atoms with van der Waals surface area (Å²) in [6.07, 6.45) is 3.23. The molecule has 0 unspecified atom stereocenters. The zero-order valence-corrected chi connectivity index (χ0v) is 24.0. The number of carbonyl (C=O) groups excluding carboxylic acids is 2. The molecule has 9 nitrogen and oxygen atoms in total. The third-order valence-corrected chi connectivity index (χ3v) is 7.30. The molecule has 3 aromatic carbocycles. The van der Waals surface area contributed by atoms with Crippen molar-refractivity contribution in [1.82, 2.24) is 24.8 Å². The van der Waals surface area contributed by atoms with E-state index in [1.165, 1.54) is 42.1 Å². The highest BCUT2D eigenvalue weighted by Gasteiger charge is 2.19. The fraction of sp³-hybridized carbons (Fsp3) is 0.188. The molecule has 0 bridgehead atoms. The molecule has 5 aromatic rings. The predicted molar refractivity (Wildman–Crippen MR) is 162 cm³/mol. The summed E-state index contributed by atoms with van der Waals surface area (Å²) in [5.74, 6) is -1.85. The molecule has 3 N–H and O–H groups in total. The van der Waals surface area contributed by atoms with Crippen molar-refractivity contribution in [1.29, 1.82) is 0 Å². The van der Waals surface area contributed by atoms with Crippen LogP contribution in [-0.2, 0) is 11.3 Å². The lowest BCUT2D eigenvalue weighted by molar-refractivity contribution is -0.117. The molecular formula is C32H30F2N6O3. The number of nitrogens with zero attached hydrogens (tertiary/aromatic N) is 3. The fourth-order valence-corrected chi connectivity index (χ4v) is 4.91. The second-order valence-electron chi connectivity index (χ2n) is 10.2. The lowest BCUT2D eigenvalue weighted by Crippen LogP contribution is -2.38. The molecule has 220 valence electrons. The summed E-state index contributed by atoms with van der Waals surface area (Å²) in [7, 11) is 3.13. The highest BCUT2D eigenvalue weighted by molar-refractivity contribution is 5.95. The van der Waals surface area contributed by atoms with Crippen molar-refractivity contribution in [3.8, 4) is 16.9 Å². The first-order valence-electron chi connectivity index (χ1n) is 13.6. The van der Waals surface area contributed by atoms with Gasteiger partial charge in [0.05, 0.1) is 30.0 Å². The zero-order chi connectivity index (χ0) is 30.8. The minimum Gasteiger partial charge on any atom is -0.355 e. The lowest BCUT2D eigenvalue weighted by atomic mass is 10.1. The van der Waals surface area contributed by atoms with E-state index in [-0.39, 0.29) is 24.1 Å². The van der Waals surface area contributed by atoms with Gasteiger partial charge in [-0.2, -0.15) is 0 Å². The Morgan fingerprint density at radius 2 is 1.79 bits per heavy atom. The van der Waals surface area contributed by atoms with E-state index in [9.17, 15) is 18.8 Å². The molecule has 0 saturated carbocycles. The van der Waals surface area contributed by atoms with Crippen LogP contribution in [0, 0.1) is 18.6 Å². The summed E-state index contributed by atoms with van der Waals surface area (Å²) in [4.78, 5) is 42.9. The molecule has 0 aliphatic carbocycles. The van der Waals surface area contributed by atoms with Crippen LogP contribution in [0.5, 0.6) is 0 Å². The molecule has 2 heterocycles. The van der Waals surface area contributed by atoms with Crippen molar-refractivity contribution < 1.29 is 18.4 Å². The molecule has 2 amide bonds. The van der Waals surface area contributed by atoms with E-state index in [2.05, 4.69) is 20.9 Å². The molecule has 1 atom stereocenters. The Kier molecular flexibility index (Phi) is 8.18. The van der Waals surface area contributed by atoms with Gasteiger partial charge in [-0.05, 0) is 80.6 Å². The van der Waals surface area contributed by atoms with Gasteiger partial charge in [0.2, 0.25) is 5.91 Å². The monoisotopic (exact) mass is 584 g/mol. The summed E-state index contributed by atoms with van der Waals surface area (Å²) in [5.41, 5.74) is 3.11. The number of likely N-dealkylation sites (N-methyl/N-ethyl adjacent to an activating group) is 1. The molecule has 0 aliphatic heterocycles. The van der Waals surface area contributed by atoms with Gasteiger partial charge in [0.15, 0.2) is 5.82 Å². The lowest BCUT2D eigenvalue weighted by Gasteiger charge is -2.17. The molecule has 2 aromatic heterocycles. The normalized spacial score (nSPS) is 11.9. The number of aryl methyl sites for hydroxylation is 1. The first kappa shape index (κ1) is 29.3. The number of aromatic nitrogens is 3. The minimum atomic E-state index is -0.608. The van der Waals surface area contributed by atoms with Crippen LogP contribution in [0.4, 0.5) is 14.6 Å². The Balaban J connectivity index is 1.64. The summed E-state index contributed by atoms with van der Waals surface area (Å²) in [5, 5.41) is 8.65. The maximum absolute atomic E-state index is 15.1. The molecule has 0 radical (unpaired) electrons. The maximum Gasteiger partial charge on any atom is 0.294 e. The van der Waals surface area contributed by atoms with Crippen molar-refractivity contribution in [2.24, 2.45) is 0 Å². The van der Waals surface area contributed by atoms with E-state index in [1.54, 1.807) is 61.1 Å². The molecule has 43 heavy (non-hydrogen) atoms. The van der Waals surface area contributed by atoms with Crippen LogP contribution < -0.4 is 21.5 Å². The first-order chi connectivity index (χ1) is 20.6. The average molecular weight is 585 g/mol. The number of benzene rings is 3. The Hall–Kier alpha value is -5.16. The number of carbonyl (C=O) groups is 2. The quantitative estimate of drug-likeness (QED) is 0.251. The molecule has 0 fully saturated rings. The van der Waals surface area contributed by atoms with Crippen molar-refractivity contribution in [2.45, 2.75) is 26.4 Å². The van der Waals surface area contributed by atoms with Gasteiger partial charge in [-0.25, -0.2) is 13.8 Å². The van der Waals surface area contributed by atoms with Gasteiger partial charge >= 0.3 is 0 Å². The summed E-state index contributed by atoms with van der Waals surface area (Å²) < 4.78 is 32.2. The Morgan fingerprint density at radius 3 is 2.53 bits per heavy atom. The third-order valence-electron chi connectivity index (χ3n) is 7.30. The van der Waals surface area contributed by atoms with Gasteiger partial charge in [0.25, 0.3) is 11.5 Å². The van der Waals surface area contributed by atoms with Gasteiger partial charge in [-0.15, -0.1) is 0 Å². The molecule has 0 spiro atoms. The number of hydrogen-bond acceptors (Lipinski definition) is 5. The van der Waals surface area contributed by atoms with Gasteiger partial charge in [0.1, 0.15) is 11.6 Å². The topological polar surface area (TPSA) is 110 Å². The highest BCUT2D eigenvalue weighted by Crippen LogP contribution is 2.27. The van der Waals surface area contributed by atoms with Crippen LogP contribution in [0.25, 0.3) is 27.8 Å². The second-order valence-corrected chi connectivity index (χ2v) is 10.2. The number of amides is 2. The summed E-state index contributed by atoms with van der Waals surface area (Å²) in [6.45, 7) is 3.41. The fourth-order valence-electron chi connectivity index (χ4n) is 4.91. The summed E-state index contributed by atoms with van der Waals surface area (Å²) in [6, 6.07) is 14.9. The van der Waals surface area contributed by atoms with Gasteiger partial charge in [0, 0.05) is 35.4 Å². The van der Waals surface area contributed by atoms with E-state index in [1.807, 2.05) is 6.92 Å². The van der Waals surface area contributed by atoms with Crippen LogP contribution in [0.2, 0.25) is 0 Å². The molecule has 5 rings (SSSR count). The van der Waals surface area contributed by atoms with Crippen LogP contribution in [0.15, 0.2) is 77.9 Å². The number of hydrogen-bond donors (Lipinski definition) is 3. The third kappa shape index (κ3) is 5.93. The van der Waals surface area contributed by atoms with Gasteiger partial charge < -0.3 is 20.5 Å². The molecule has 11 heteroatoms. The molecule has 0 saturated heterocycles. The van der Waals surface area contributed by atoms with Crippen molar-refractivity contribution in [3.63, 3.8) is 0 Å². The first-order valence-corrected chi connectivity index (χ1v) is 13.6. The minimum absolute atomic E-state index is 0.0804. The number of anilines is 1. The second kappa shape index (κ2) is 12.0. The zero-order valence-electron chi connectivity index (χ0n) is 24.0. The van der Waals surface area contributed by atoms with Crippen molar-refractivity contribution in [3.05, 3.63) is 112 Å². The molecular weight excluding hydrogens is 554 g/mol. The number of fused-ring (bicyclic) bond motifs is 1. The van der Waals surface area contributed by atoms with Gasteiger partial charge in [-0.3, -0.25) is 19.0 Å². The van der Waals surface area contributed by atoms with E-state index in [0.29, 0.717) is 39.0 Å². The van der Waals surface area contributed by atoms with Crippen LogP contribution in [-0.4, -0.2) is 46.1 Å². The Labute approximate surface area is 246 Å². The number of nitrogens with one attached hydrogen (secondary N) is 3. The molecule has 0 aliphatic rings. The van der Waals surface area contributed by atoms with Gasteiger partial charge in [-0.1, -0.05) is 12.1 Å². The van der Waals surface area contributed by atoms with Crippen molar-refractivity contribution >= 4 is 28.5 Å². The van der Waals surface area contributed by atoms with E-state index in [0.717, 1.165) is 5.56 Å². The Morgan fingerprint density at radius 1 is 1.00 bits per heavy atom. The average Bonchev–Trinajstić information content (AvgIpc) is 3.33. The maximum atomic E-state index is 15.1. The standard InChI is InChI=1S/C32H30F2N6O3/c1-18-16-39(27-9-8-23(33)14-26(18)27)25-11-20(10-24(34)13-25)17-40-28(21-6-5-7-22(12-21)31(42)36-4)15-37-29(32(40)43)38-30(41)19(2)35-3/h5-16,19,35H,17H2,1-4H3,(H,36,42)(H,37,38,41)/t19-/m0/s1.